The smallest absolute Gasteiger partial charge is 0.143 e. The van der Waals surface area contributed by atoms with E-state index in [1.54, 1.807) is 6.07 Å². The molecule has 3 heterocycles. The Morgan fingerprint density at radius 1 is 0.576 bits per heavy atom. The van der Waals surface area contributed by atoms with Gasteiger partial charge in [0.1, 0.15) is 11.6 Å². The number of benzene rings is 7. The van der Waals surface area contributed by atoms with Crippen molar-refractivity contribution in [2.75, 3.05) is 0 Å². The average Bonchev–Trinajstić information content (AvgIpc) is 3.78. The Bertz CT molecular complexity index is 3180. The maximum atomic E-state index is 10.9. The molecule has 0 unspecified atom stereocenters. The minimum Gasteiger partial charge on any atom is -0.507 e. The molecule has 0 saturated carbocycles. The molecule has 0 aliphatic rings. The molecule has 0 spiro atoms. The number of nitrogens with zero attached hydrogens (tertiary/aromatic N) is 4. The summed E-state index contributed by atoms with van der Waals surface area (Å²) in [5.74, 6) is 0.892. The van der Waals surface area contributed by atoms with Crippen LogP contribution >= 0.6 is 0 Å². The van der Waals surface area contributed by atoms with E-state index >= 15 is 0 Å². The van der Waals surface area contributed by atoms with Gasteiger partial charge in [-0.05, 0) is 64.6 Å². The Kier molecular flexibility index (Phi) is 9.66. The van der Waals surface area contributed by atoms with Gasteiger partial charge in [-0.2, -0.15) is 0 Å². The molecular weight excluding hydrogens is 904 g/mol. The molecule has 7 aromatic carbocycles. The van der Waals surface area contributed by atoms with Crippen LogP contribution in [0, 0.1) is 6.07 Å². The summed E-state index contributed by atoms with van der Waals surface area (Å²) in [6.07, 6.45) is 1.92. The summed E-state index contributed by atoms with van der Waals surface area (Å²) in [5.41, 5.74) is 15.0. The third kappa shape index (κ3) is 6.66. The molecule has 0 bridgehead atoms. The second-order valence-electron chi connectivity index (χ2n) is 16.0. The van der Waals surface area contributed by atoms with Crippen LogP contribution < -0.4 is 0 Å². The predicted molar refractivity (Wildman–Crippen MR) is 239 cm³/mol. The number of aryl methyl sites for hydroxylation is 1. The first-order valence-corrected chi connectivity index (χ1v) is 19.7. The van der Waals surface area contributed by atoms with Gasteiger partial charge in [0, 0.05) is 62.0 Å². The van der Waals surface area contributed by atoms with E-state index in [2.05, 4.69) is 169 Å². The van der Waals surface area contributed by atoms with Crippen molar-refractivity contribution in [2.24, 2.45) is 7.05 Å². The first-order valence-electron chi connectivity index (χ1n) is 19.7. The van der Waals surface area contributed by atoms with Crippen LogP contribution in [-0.4, -0.2) is 24.2 Å². The summed E-state index contributed by atoms with van der Waals surface area (Å²) < 4.78 is 4.46. The van der Waals surface area contributed by atoms with E-state index < -0.39 is 0 Å². The number of phenolic OH excluding ortho intramolecular Hbond substituents is 1. The van der Waals surface area contributed by atoms with Gasteiger partial charge in [0.05, 0.1) is 27.6 Å². The molecule has 59 heavy (non-hydrogen) atoms. The largest absolute Gasteiger partial charge is 0.507 e. The predicted octanol–water partition coefficient (Wildman–Crippen LogP) is 13.2. The normalized spacial score (nSPS) is 11.7. The summed E-state index contributed by atoms with van der Waals surface area (Å²) in [7, 11) is 2.02. The van der Waals surface area contributed by atoms with Gasteiger partial charge in [0.2, 0.25) is 0 Å². The molecule has 6 heteroatoms. The van der Waals surface area contributed by atoms with E-state index in [0.29, 0.717) is 11.4 Å². The summed E-state index contributed by atoms with van der Waals surface area (Å²) in [4.78, 5) is 10.3. The molecule has 10 aromatic rings. The Labute approximate surface area is 358 Å². The molecule has 0 atom stereocenters. The second-order valence-corrected chi connectivity index (χ2v) is 16.0. The zero-order valence-electron chi connectivity index (χ0n) is 33.2. The molecule has 10 rings (SSSR count). The molecule has 5 nitrogen and oxygen atoms in total. The third-order valence-corrected chi connectivity index (χ3v) is 11.3. The van der Waals surface area contributed by atoms with E-state index in [1.807, 2.05) is 37.5 Å². The van der Waals surface area contributed by atoms with E-state index in [4.69, 9.17) is 9.97 Å². The number of hydrogen-bond acceptors (Lipinski definition) is 3. The van der Waals surface area contributed by atoms with Crippen LogP contribution in [0.25, 0.3) is 94.6 Å². The van der Waals surface area contributed by atoms with E-state index in [0.717, 1.165) is 66.9 Å². The topological polar surface area (TPSA) is 55.9 Å². The molecule has 0 aliphatic carbocycles. The van der Waals surface area contributed by atoms with Gasteiger partial charge >= 0.3 is 0 Å². The Balaban J connectivity index is 0.00000449. The number of imidazole rings is 1. The van der Waals surface area contributed by atoms with Crippen LogP contribution in [0.1, 0.15) is 26.3 Å². The van der Waals surface area contributed by atoms with Crippen molar-refractivity contribution >= 4 is 32.8 Å². The number of aromatic hydroxyl groups is 1. The molecule has 3 aromatic heterocycles. The summed E-state index contributed by atoms with van der Waals surface area (Å²) >= 11 is 0. The first kappa shape index (κ1) is 38.0. The van der Waals surface area contributed by atoms with E-state index in [9.17, 15) is 5.11 Å². The van der Waals surface area contributed by atoms with Crippen LogP contribution in [0.5, 0.6) is 5.75 Å². The van der Waals surface area contributed by atoms with Gasteiger partial charge in [-0.15, -0.1) is 29.3 Å². The van der Waals surface area contributed by atoms with Crippen LogP contribution in [-0.2, 0) is 33.5 Å². The molecule has 0 saturated heterocycles. The fourth-order valence-electron chi connectivity index (χ4n) is 8.32. The van der Waals surface area contributed by atoms with Crippen LogP contribution in [0.2, 0.25) is 0 Å². The van der Waals surface area contributed by atoms with Gasteiger partial charge in [-0.1, -0.05) is 141 Å². The number of aromatic nitrogens is 4. The SMILES string of the molecule is Cn1c(-c2ccccc2O)nc2c(-c3[c-]c(-c4cc(-c5cccc6c7ccccc7n(-c7ccccc7)c56)ccn4)cc(C(C)(C)C)c3)cc(-c3ccccc3)cc21.[Pt]. The monoisotopic (exact) mass is 944 g/mol. The van der Waals surface area contributed by atoms with Crippen molar-refractivity contribution in [1.82, 2.24) is 19.1 Å². The number of hydrogen-bond donors (Lipinski definition) is 1. The minimum atomic E-state index is -0.167. The van der Waals surface area contributed by atoms with Gasteiger partial charge in [0.25, 0.3) is 0 Å². The van der Waals surface area contributed by atoms with Gasteiger partial charge < -0.3 is 14.2 Å². The number of phenols is 1. The van der Waals surface area contributed by atoms with Crippen molar-refractivity contribution in [1.29, 1.82) is 0 Å². The Morgan fingerprint density at radius 2 is 1.25 bits per heavy atom. The number of para-hydroxylation sites is 4. The van der Waals surface area contributed by atoms with Crippen LogP contribution in [0.15, 0.2) is 170 Å². The fraction of sp³-hybridized carbons (Fsp3) is 0.0943. The molecule has 1 N–H and O–H groups in total. The molecule has 0 radical (unpaired) electrons. The van der Waals surface area contributed by atoms with Gasteiger partial charge in [0.15, 0.2) is 0 Å². The van der Waals surface area contributed by atoms with Crippen LogP contribution in [0.4, 0.5) is 0 Å². The first-order chi connectivity index (χ1) is 28.2. The molecular formula is C53H41N4OPt-. The number of pyridine rings is 1. The maximum Gasteiger partial charge on any atom is 0.143 e. The number of rotatable bonds is 6. The van der Waals surface area contributed by atoms with Gasteiger partial charge in [-0.25, -0.2) is 4.98 Å². The van der Waals surface area contributed by atoms with Crippen molar-refractivity contribution in [3.63, 3.8) is 0 Å². The third-order valence-electron chi connectivity index (χ3n) is 11.3. The zero-order chi connectivity index (χ0) is 39.5. The minimum absolute atomic E-state index is 0. The standard InChI is InChI=1S/C53H41N4O.Pt/c1-53(2,3)39-29-37(45-31-36(34-16-7-5-8-17-34)33-48-50(45)55-52(56(48)4)44-21-12-14-25-49(44)58)28-38(30-39)46-32-35(26-27-54-46)41-22-15-23-43-42-20-11-13-24-47(42)57(51(41)43)40-18-9-6-10-19-40;/h5-27,29-33,58H,1-4H3;/q-1;. The fourth-order valence-corrected chi connectivity index (χ4v) is 8.32. The molecule has 0 fully saturated rings. The number of fused-ring (bicyclic) bond motifs is 4. The van der Waals surface area contributed by atoms with Crippen LogP contribution in [0.3, 0.4) is 0 Å². The van der Waals surface area contributed by atoms with E-state index in [1.165, 1.54) is 21.9 Å². The molecule has 290 valence electrons. The Morgan fingerprint density at radius 3 is 2.03 bits per heavy atom. The second kappa shape index (κ2) is 15.0. The van der Waals surface area contributed by atoms with Crippen molar-refractivity contribution in [3.05, 3.63) is 182 Å². The quantitative estimate of drug-likeness (QED) is 0.169. The van der Waals surface area contributed by atoms with Gasteiger partial charge in [-0.3, -0.25) is 4.98 Å². The molecule has 0 aliphatic heterocycles. The average molecular weight is 945 g/mol. The van der Waals surface area contributed by atoms with E-state index in [-0.39, 0.29) is 32.2 Å². The molecule has 0 amide bonds. The summed E-state index contributed by atoms with van der Waals surface area (Å²) in [6.45, 7) is 6.74. The summed E-state index contributed by atoms with van der Waals surface area (Å²) in [5, 5.41) is 13.4. The van der Waals surface area contributed by atoms with Crippen molar-refractivity contribution in [3.8, 4) is 67.5 Å². The maximum absolute atomic E-state index is 10.9. The summed E-state index contributed by atoms with van der Waals surface area (Å²) in [6, 6.07) is 60.8. The zero-order valence-corrected chi connectivity index (χ0v) is 35.5. The van der Waals surface area contributed by atoms with Crippen molar-refractivity contribution < 1.29 is 26.2 Å². The van der Waals surface area contributed by atoms with Crippen molar-refractivity contribution in [2.45, 2.75) is 26.2 Å². The Hall–Kier alpha value is -6.55.